The Morgan fingerprint density at radius 3 is 1.53 bits per heavy atom. The molecule has 0 aromatic heterocycles. The Morgan fingerprint density at radius 1 is 0.647 bits per heavy atom. The minimum Gasteiger partial charge on any atom is -0.459 e. The van der Waals surface area contributed by atoms with Crippen molar-refractivity contribution in [2.24, 2.45) is 0 Å². The van der Waals surface area contributed by atoms with Crippen LogP contribution in [-0.2, 0) is 18.9 Å². The van der Waals surface area contributed by atoms with Gasteiger partial charge in [0.1, 0.15) is 12.7 Å². The van der Waals surface area contributed by atoms with E-state index in [1.807, 2.05) is 0 Å². The number of aliphatic hydroxyl groups is 1. The van der Waals surface area contributed by atoms with Gasteiger partial charge in [0.25, 0.3) is 0 Å². The van der Waals surface area contributed by atoms with Crippen molar-refractivity contribution in [3.05, 3.63) is 108 Å². The molecule has 0 spiro atoms. The minimum atomic E-state index is -1.60. The number of rotatable bonds is 7. The van der Waals surface area contributed by atoms with Gasteiger partial charge in [-0.3, -0.25) is 0 Å². The van der Waals surface area contributed by atoms with Gasteiger partial charge >= 0.3 is 17.9 Å². The zero-order valence-corrected chi connectivity index (χ0v) is 18.0. The van der Waals surface area contributed by atoms with Crippen molar-refractivity contribution in [1.29, 1.82) is 0 Å². The SMILES string of the molecule is O=C(OC[C@@H]1O[C@@H](O)[C@@H](OC(=O)c2ccccc2)C1OC(=O)c1ccccc1)c1ccccc1. The van der Waals surface area contributed by atoms with Crippen LogP contribution in [0, 0.1) is 0 Å². The molecule has 8 heteroatoms. The minimum absolute atomic E-state index is 0.252. The molecule has 0 amide bonds. The van der Waals surface area contributed by atoms with Crippen molar-refractivity contribution < 1.29 is 38.4 Å². The molecule has 1 fully saturated rings. The molecule has 8 nitrogen and oxygen atoms in total. The fraction of sp³-hybridized carbons (Fsp3) is 0.192. The van der Waals surface area contributed by atoms with Crippen LogP contribution in [0.5, 0.6) is 0 Å². The first-order valence-corrected chi connectivity index (χ1v) is 10.6. The summed E-state index contributed by atoms with van der Waals surface area (Å²) < 4.78 is 21.8. The smallest absolute Gasteiger partial charge is 0.338 e. The summed E-state index contributed by atoms with van der Waals surface area (Å²) in [5.41, 5.74) is 0.838. The van der Waals surface area contributed by atoms with Gasteiger partial charge in [-0.15, -0.1) is 0 Å². The van der Waals surface area contributed by atoms with E-state index in [4.69, 9.17) is 18.9 Å². The highest BCUT2D eigenvalue weighted by Crippen LogP contribution is 2.28. The molecule has 34 heavy (non-hydrogen) atoms. The molecule has 0 saturated carbocycles. The average molecular weight is 462 g/mol. The first-order chi connectivity index (χ1) is 16.5. The van der Waals surface area contributed by atoms with Gasteiger partial charge in [-0.05, 0) is 36.4 Å². The monoisotopic (exact) mass is 462 g/mol. The lowest BCUT2D eigenvalue weighted by atomic mass is 10.1. The van der Waals surface area contributed by atoms with E-state index < -0.39 is 42.5 Å². The van der Waals surface area contributed by atoms with Crippen LogP contribution in [0.25, 0.3) is 0 Å². The van der Waals surface area contributed by atoms with Gasteiger partial charge in [-0.1, -0.05) is 54.6 Å². The maximum Gasteiger partial charge on any atom is 0.338 e. The molecule has 3 aromatic carbocycles. The van der Waals surface area contributed by atoms with Crippen LogP contribution in [0.4, 0.5) is 0 Å². The lowest BCUT2D eigenvalue weighted by Gasteiger charge is -2.23. The van der Waals surface area contributed by atoms with E-state index >= 15 is 0 Å². The Bertz CT molecular complexity index is 1120. The molecule has 4 atom stereocenters. The molecular weight excluding hydrogens is 440 g/mol. The number of aliphatic hydroxyl groups excluding tert-OH is 1. The third-order valence-electron chi connectivity index (χ3n) is 5.18. The van der Waals surface area contributed by atoms with Crippen LogP contribution >= 0.6 is 0 Å². The number of hydrogen-bond donors (Lipinski definition) is 1. The molecule has 1 unspecified atom stereocenters. The molecular formula is C26H22O8. The van der Waals surface area contributed by atoms with Crippen molar-refractivity contribution in [2.45, 2.75) is 24.6 Å². The normalized spacial score (nSPS) is 21.4. The molecule has 1 saturated heterocycles. The fourth-order valence-electron chi connectivity index (χ4n) is 3.46. The van der Waals surface area contributed by atoms with Gasteiger partial charge in [0.15, 0.2) is 18.5 Å². The molecule has 1 heterocycles. The molecule has 1 aliphatic heterocycles. The summed E-state index contributed by atoms with van der Waals surface area (Å²) in [6.45, 7) is -0.336. The quantitative estimate of drug-likeness (QED) is 0.422. The Morgan fingerprint density at radius 2 is 1.06 bits per heavy atom. The summed E-state index contributed by atoms with van der Waals surface area (Å²) >= 11 is 0. The zero-order valence-electron chi connectivity index (χ0n) is 18.0. The second-order valence-corrected chi connectivity index (χ2v) is 7.50. The zero-order chi connectivity index (χ0) is 23.9. The van der Waals surface area contributed by atoms with Gasteiger partial charge in [0.05, 0.1) is 16.7 Å². The van der Waals surface area contributed by atoms with Crippen molar-refractivity contribution in [2.75, 3.05) is 6.61 Å². The third kappa shape index (κ3) is 5.48. The number of benzene rings is 3. The average Bonchev–Trinajstić information content (AvgIpc) is 3.17. The van der Waals surface area contributed by atoms with E-state index in [9.17, 15) is 19.5 Å². The van der Waals surface area contributed by atoms with E-state index in [0.717, 1.165) is 0 Å². The second kappa shape index (κ2) is 10.7. The van der Waals surface area contributed by atoms with Crippen molar-refractivity contribution in [3.63, 3.8) is 0 Å². The highest BCUT2D eigenvalue weighted by atomic mass is 16.7. The Balaban J connectivity index is 1.51. The molecule has 1 aliphatic rings. The standard InChI is InChI=1S/C26H22O8/c27-23(17-10-4-1-5-11-17)31-16-20-21(33-24(28)18-12-6-2-7-13-18)22(26(30)32-20)34-25(29)19-14-8-3-9-15-19/h1-15,20-22,26,30H,16H2/t20-,21?,22-,26+/m0/s1. The van der Waals surface area contributed by atoms with Crippen LogP contribution in [0.3, 0.4) is 0 Å². The first kappa shape index (κ1) is 23.2. The Hall–Kier alpha value is -4.01. The first-order valence-electron chi connectivity index (χ1n) is 10.6. The molecule has 0 aliphatic carbocycles. The summed E-state index contributed by atoms with van der Waals surface area (Å²) in [4.78, 5) is 37.6. The number of carbonyl (C=O) groups is 3. The van der Waals surface area contributed by atoms with E-state index in [-0.39, 0.29) is 17.7 Å². The highest BCUT2D eigenvalue weighted by molar-refractivity contribution is 5.90. The summed E-state index contributed by atoms with van der Waals surface area (Å²) in [7, 11) is 0. The second-order valence-electron chi connectivity index (χ2n) is 7.50. The predicted molar refractivity (Wildman–Crippen MR) is 119 cm³/mol. The van der Waals surface area contributed by atoms with Gasteiger partial charge in [0, 0.05) is 0 Å². The van der Waals surface area contributed by atoms with Crippen LogP contribution in [0.15, 0.2) is 91.0 Å². The highest BCUT2D eigenvalue weighted by Gasteiger charge is 2.50. The number of esters is 3. The Kier molecular flexibility index (Phi) is 7.31. The van der Waals surface area contributed by atoms with Crippen molar-refractivity contribution in [3.8, 4) is 0 Å². The van der Waals surface area contributed by atoms with Crippen LogP contribution < -0.4 is 0 Å². The number of hydrogen-bond acceptors (Lipinski definition) is 8. The number of carbonyl (C=O) groups excluding carboxylic acids is 3. The van der Waals surface area contributed by atoms with Gasteiger partial charge < -0.3 is 24.1 Å². The van der Waals surface area contributed by atoms with E-state index in [0.29, 0.717) is 5.56 Å². The molecule has 0 radical (unpaired) electrons. The van der Waals surface area contributed by atoms with Crippen LogP contribution in [0.2, 0.25) is 0 Å². The molecule has 1 N–H and O–H groups in total. The lowest BCUT2D eigenvalue weighted by Crippen LogP contribution is -2.42. The van der Waals surface area contributed by atoms with Crippen LogP contribution in [-0.4, -0.2) is 54.2 Å². The van der Waals surface area contributed by atoms with Crippen LogP contribution in [0.1, 0.15) is 31.1 Å². The maximum atomic E-state index is 12.7. The summed E-state index contributed by atoms with van der Waals surface area (Å²) in [5.74, 6) is -2.05. The van der Waals surface area contributed by atoms with E-state index in [1.54, 1.807) is 91.0 Å². The number of ether oxygens (including phenoxy) is 4. The van der Waals surface area contributed by atoms with E-state index in [1.165, 1.54) is 0 Å². The fourth-order valence-corrected chi connectivity index (χ4v) is 3.46. The van der Waals surface area contributed by atoms with E-state index in [2.05, 4.69) is 0 Å². The summed E-state index contributed by atoms with van der Waals surface area (Å²) in [5, 5.41) is 10.5. The molecule has 174 valence electrons. The predicted octanol–water partition coefficient (Wildman–Crippen LogP) is 3.01. The molecule has 3 aromatic rings. The summed E-state index contributed by atoms with van der Waals surface area (Å²) in [6.07, 6.45) is -5.22. The van der Waals surface area contributed by atoms with Gasteiger partial charge in [0.2, 0.25) is 0 Å². The Labute approximate surface area is 195 Å². The molecule has 0 bridgehead atoms. The molecule has 4 rings (SSSR count). The largest absolute Gasteiger partial charge is 0.459 e. The van der Waals surface area contributed by atoms with Crippen molar-refractivity contribution >= 4 is 17.9 Å². The van der Waals surface area contributed by atoms with Gasteiger partial charge in [-0.2, -0.15) is 0 Å². The van der Waals surface area contributed by atoms with Gasteiger partial charge in [-0.25, -0.2) is 14.4 Å². The van der Waals surface area contributed by atoms with Crippen molar-refractivity contribution in [1.82, 2.24) is 0 Å². The topological polar surface area (TPSA) is 108 Å². The maximum absolute atomic E-state index is 12.7. The summed E-state index contributed by atoms with van der Waals surface area (Å²) in [6, 6.07) is 24.7. The third-order valence-corrected chi connectivity index (χ3v) is 5.18. The lowest BCUT2D eigenvalue weighted by molar-refractivity contribution is -0.135.